The van der Waals surface area contributed by atoms with Crippen molar-refractivity contribution in [2.45, 2.75) is 19.8 Å². The van der Waals surface area contributed by atoms with Gasteiger partial charge in [0.15, 0.2) is 0 Å². The first-order valence-electron chi connectivity index (χ1n) is 5.46. The van der Waals surface area contributed by atoms with Crippen LogP contribution in [0.15, 0.2) is 18.3 Å². The lowest BCUT2D eigenvalue weighted by Gasteiger charge is -2.31. The second kappa shape index (κ2) is 4.43. The minimum Gasteiger partial charge on any atom is -0.357 e. The molecule has 80 valence electrons. The fourth-order valence-electron chi connectivity index (χ4n) is 1.92. The van der Waals surface area contributed by atoms with E-state index in [-0.39, 0.29) is 0 Å². The van der Waals surface area contributed by atoms with Gasteiger partial charge >= 0.3 is 0 Å². The van der Waals surface area contributed by atoms with Crippen LogP contribution in [0.2, 0.25) is 0 Å². The molecule has 1 aliphatic rings. The second-order valence-electron chi connectivity index (χ2n) is 4.23. The zero-order valence-corrected chi connectivity index (χ0v) is 9.02. The Bertz CT molecular complexity index is 343. The Kier molecular flexibility index (Phi) is 2.99. The lowest BCUT2D eigenvalue weighted by Crippen LogP contribution is -2.33. The lowest BCUT2D eigenvalue weighted by molar-refractivity contribution is 0.112. The number of nitrogens with zero attached hydrogens (tertiary/aromatic N) is 2. The maximum atomic E-state index is 10.6. The number of pyridine rings is 1. The van der Waals surface area contributed by atoms with Crippen LogP contribution in [0.25, 0.3) is 0 Å². The van der Waals surface area contributed by atoms with Gasteiger partial charge in [-0.2, -0.15) is 0 Å². The average molecular weight is 204 g/mol. The third-order valence-electron chi connectivity index (χ3n) is 3.01. The van der Waals surface area contributed by atoms with Crippen molar-refractivity contribution in [3.63, 3.8) is 0 Å². The Morgan fingerprint density at radius 1 is 1.47 bits per heavy atom. The van der Waals surface area contributed by atoms with E-state index in [1.807, 2.05) is 6.07 Å². The standard InChI is InChI=1S/C12H16N2O/c1-10-3-6-14(7-4-10)12-8-11(9-15)2-5-13-12/h2,5,8-10H,3-4,6-7H2,1H3. The van der Waals surface area contributed by atoms with Crippen molar-refractivity contribution in [3.05, 3.63) is 23.9 Å². The molecule has 1 saturated heterocycles. The molecule has 0 atom stereocenters. The molecule has 0 unspecified atom stereocenters. The minimum absolute atomic E-state index is 0.707. The molecule has 0 bridgehead atoms. The number of hydrogen-bond acceptors (Lipinski definition) is 3. The Hall–Kier alpha value is -1.38. The highest BCUT2D eigenvalue weighted by Crippen LogP contribution is 2.21. The van der Waals surface area contributed by atoms with Gasteiger partial charge < -0.3 is 4.90 Å². The smallest absolute Gasteiger partial charge is 0.150 e. The van der Waals surface area contributed by atoms with E-state index < -0.39 is 0 Å². The second-order valence-corrected chi connectivity index (χ2v) is 4.23. The number of rotatable bonds is 2. The summed E-state index contributed by atoms with van der Waals surface area (Å²) >= 11 is 0. The van der Waals surface area contributed by atoms with Crippen molar-refractivity contribution in [1.82, 2.24) is 4.98 Å². The van der Waals surface area contributed by atoms with Crippen LogP contribution >= 0.6 is 0 Å². The summed E-state index contributed by atoms with van der Waals surface area (Å²) in [5.41, 5.74) is 0.707. The van der Waals surface area contributed by atoms with Crippen LogP contribution in [0, 0.1) is 5.92 Å². The third-order valence-corrected chi connectivity index (χ3v) is 3.01. The van der Waals surface area contributed by atoms with Crippen molar-refractivity contribution in [3.8, 4) is 0 Å². The zero-order valence-electron chi connectivity index (χ0n) is 9.02. The molecular weight excluding hydrogens is 188 g/mol. The molecule has 0 N–H and O–H groups in total. The van der Waals surface area contributed by atoms with Crippen LogP contribution in [0.3, 0.4) is 0 Å². The molecule has 0 spiro atoms. The number of carbonyl (C=O) groups excluding carboxylic acids is 1. The Labute approximate surface area is 90.1 Å². The number of anilines is 1. The minimum atomic E-state index is 0.707. The predicted octanol–water partition coefficient (Wildman–Crippen LogP) is 2.13. The maximum absolute atomic E-state index is 10.6. The number of hydrogen-bond donors (Lipinski definition) is 0. The molecule has 1 aliphatic heterocycles. The fourth-order valence-corrected chi connectivity index (χ4v) is 1.92. The van der Waals surface area contributed by atoms with Crippen LogP contribution in [-0.4, -0.2) is 24.4 Å². The molecule has 1 fully saturated rings. The van der Waals surface area contributed by atoms with Gasteiger partial charge in [-0.15, -0.1) is 0 Å². The Morgan fingerprint density at radius 3 is 2.87 bits per heavy atom. The molecule has 0 aromatic carbocycles. The largest absolute Gasteiger partial charge is 0.357 e. The first kappa shape index (κ1) is 10.1. The predicted molar refractivity (Wildman–Crippen MR) is 60.2 cm³/mol. The molecule has 1 aromatic heterocycles. The van der Waals surface area contributed by atoms with Gasteiger partial charge in [-0.1, -0.05) is 6.92 Å². The van der Waals surface area contributed by atoms with E-state index >= 15 is 0 Å². The summed E-state index contributed by atoms with van der Waals surface area (Å²) in [6.07, 6.45) is 5.01. The van der Waals surface area contributed by atoms with Crippen molar-refractivity contribution in [1.29, 1.82) is 0 Å². The van der Waals surface area contributed by atoms with Gasteiger partial charge in [-0.05, 0) is 30.9 Å². The van der Waals surface area contributed by atoms with Crippen LogP contribution in [0.1, 0.15) is 30.1 Å². The van der Waals surface area contributed by atoms with Crippen molar-refractivity contribution in [2.75, 3.05) is 18.0 Å². The van der Waals surface area contributed by atoms with E-state index in [1.165, 1.54) is 12.8 Å². The quantitative estimate of drug-likeness (QED) is 0.692. The molecule has 0 saturated carbocycles. The first-order valence-corrected chi connectivity index (χ1v) is 5.46. The zero-order chi connectivity index (χ0) is 10.7. The van der Waals surface area contributed by atoms with Gasteiger partial charge in [0.05, 0.1) is 0 Å². The molecule has 0 radical (unpaired) electrons. The Balaban J connectivity index is 2.11. The van der Waals surface area contributed by atoms with Crippen molar-refractivity contribution < 1.29 is 4.79 Å². The monoisotopic (exact) mass is 204 g/mol. The summed E-state index contributed by atoms with van der Waals surface area (Å²) in [7, 11) is 0. The highest BCUT2D eigenvalue weighted by Gasteiger charge is 2.16. The van der Waals surface area contributed by atoms with Gasteiger partial charge in [0.25, 0.3) is 0 Å². The van der Waals surface area contributed by atoms with Gasteiger partial charge in [-0.3, -0.25) is 4.79 Å². The molecule has 15 heavy (non-hydrogen) atoms. The van der Waals surface area contributed by atoms with Gasteiger partial charge in [-0.25, -0.2) is 4.98 Å². The van der Waals surface area contributed by atoms with Crippen LogP contribution in [0.4, 0.5) is 5.82 Å². The summed E-state index contributed by atoms with van der Waals surface area (Å²) < 4.78 is 0. The van der Waals surface area contributed by atoms with E-state index in [9.17, 15) is 4.79 Å². The molecule has 0 amide bonds. The van der Waals surface area contributed by atoms with Crippen LogP contribution in [-0.2, 0) is 0 Å². The summed E-state index contributed by atoms with van der Waals surface area (Å²) in [4.78, 5) is 17.2. The van der Waals surface area contributed by atoms with Crippen LogP contribution < -0.4 is 4.90 Å². The molecule has 2 heterocycles. The maximum Gasteiger partial charge on any atom is 0.150 e. The summed E-state index contributed by atoms with van der Waals surface area (Å²) in [6.45, 7) is 4.39. The molecule has 1 aromatic rings. The van der Waals surface area contributed by atoms with E-state index in [0.29, 0.717) is 5.56 Å². The molecule has 3 heteroatoms. The lowest BCUT2D eigenvalue weighted by atomic mass is 9.99. The summed E-state index contributed by atoms with van der Waals surface area (Å²) in [5.74, 6) is 1.75. The van der Waals surface area contributed by atoms with Crippen molar-refractivity contribution in [2.24, 2.45) is 5.92 Å². The summed E-state index contributed by atoms with van der Waals surface area (Å²) in [6, 6.07) is 3.60. The number of carbonyl (C=O) groups is 1. The molecule has 3 nitrogen and oxygen atoms in total. The van der Waals surface area contributed by atoms with E-state index in [1.54, 1.807) is 12.3 Å². The fraction of sp³-hybridized carbons (Fsp3) is 0.500. The summed E-state index contributed by atoms with van der Waals surface area (Å²) in [5, 5.41) is 0. The number of aromatic nitrogens is 1. The van der Waals surface area contributed by atoms with Gasteiger partial charge in [0.1, 0.15) is 12.1 Å². The molecule has 0 aliphatic carbocycles. The third kappa shape index (κ3) is 2.35. The molecule has 2 rings (SSSR count). The van der Waals surface area contributed by atoms with Crippen LogP contribution in [0.5, 0.6) is 0 Å². The SMILES string of the molecule is CC1CCN(c2cc(C=O)ccn2)CC1. The highest BCUT2D eigenvalue weighted by molar-refractivity contribution is 5.76. The van der Waals surface area contributed by atoms with Crippen molar-refractivity contribution >= 4 is 12.1 Å². The number of piperidine rings is 1. The number of aldehydes is 1. The highest BCUT2D eigenvalue weighted by atomic mass is 16.1. The molecular formula is C12H16N2O. The van der Waals surface area contributed by atoms with E-state index in [4.69, 9.17) is 0 Å². The normalized spacial score (nSPS) is 17.8. The van der Waals surface area contributed by atoms with E-state index in [0.717, 1.165) is 31.1 Å². The average Bonchev–Trinajstić information content (AvgIpc) is 2.30. The topological polar surface area (TPSA) is 33.2 Å². The van der Waals surface area contributed by atoms with Gasteiger partial charge in [0.2, 0.25) is 0 Å². The Morgan fingerprint density at radius 2 is 2.20 bits per heavy atom. The van der Waals surface area contributed by atoms with Gasteiger partial charge in [0, 0.05) is 24.8 Å². The first-order chi connectivity index (χ1) is 7.29. The van der Waals surface area contributed by atoms with E-state index in [2.05, 4.69) is 16.8 Å².